The van der Waals surface area contributed by atoms with Crippen molar-refractivity contribution in [3.63, 3.8) is 0 Å². The van der Waals surface area contributed by atoms with Gasteiger partial charge in [-0.25, -0.2) is 0 Å². The second-order valence-electron chi connectivity index (χ2n) is 1.58. The lowest BCUT2D eigenvalue weighted by atomic mass is 10.4. The lowest BCUT2D eigenvalue weighted by molar-refractivity contribution is 1.25. The van der Waals surface area contributed by atoms with Crippen molar-refractivity contribution in [2.45, 2.75) is 6.92 Å². The van der Waals surface area contributed by atoms with Gasteiger partial charge in [-0.2, -0.15) is 0 Å². The van der Waals surface area contributed by atoms with Crippen molar-refractivity contribution < 1.29 is 0 Å². The van der Waals surface area contributed by atoms with Crippen LogP contribution in [0.4, 0.5) is 0 Å². The molecule has 50 valence electrons. The quantitative estimate of drug-likeness (QED) is 0.537. The average molecular weight is 124 g/mol. The summed E-state index contributed by atoms with van der Waals surface area (Å²) in [6, 6.07) is 0. The first-order valence-electron chi connectivity index (χ1n) is 2.78. The first-order valence-corrected chi connectivity index (χ1v) is 2.78. The summed E-state index contributed by atoms with van der Waals surface area (Å²) in [6.45, 7) is 1.94. The molecule has 0 bridgehead atoms. The first-order chi connectivity index (χ1) is 4.27. The summed E-state index contributed by atoms with van der Waals surface area (Å²) in [5.41, 5.74) is 10.3. The van der Waals surface area contributed by atoms with E-state index < -0.39 is 0 Å². The van der Waals surface area contributed by atoms with Crippen LogP contribution >= 0.6 is 0 Å². The molecule has 0 aliphatic heterocycles. The van der Waals surface area contributed by atoms with E-state index in [0.717, 1.165) is 0 Å². The van der Waals surface area contributed by atoms with Crippen LogP contribution in [-0.2, 0) is 0 Å². The Morgan fingerprint density at radius 3 is 2.22 bits per heavy atom. The van der Waals surface area contributed by atoms with Crippen LogP contribution in [0.3, 0.4) is 0 Å². The van der Waals surface area contributed by atoms with Crippen LogP contribution in [0.2, 0.25) is 0 Å². The van der Waals surface area contributed by atoms with Gasteiger partial charge in [0.05, 0.1) is 5.82 Å². The van der Waals surface area contributed by atoms with E-state index in [2.05, 4.69) is 0 Å². The number of hydrogen-bond donors (Lipinski definition) is 2. The SMILES string of the molecule is CC=CC=CC=C(N)N. The maximum absolute atomic E-state index is 5.14. The summed E-state index contributed by atoms with van der Waals surface area (Å²) in [4.78, 5) is 0. The number of hydrogen-bond acceptors (Lipinski definition) is 2. The van der Waals surface area contributed by atoms with Gasteiger partial charge in [-0.15, -0.1) is 0 Å². The highest BCUT2D eigenvalue weighted by Crippen LogP contribution is 1.78. The van der Waals surface area contributed by atoms with Gasteiger partial charge in [-0.05, 0) is 13.0 Å². The summed E-state index contributed by atoms with van der Waals surface area (Å²) in [7, 11) is 0. The smallest absolute Gasteiger partial charge is 0.0933 e. The van der Waals surface area contributed by atoms with E-state index >= 15 is 0 Å². The standard InChI is InChI=1S/C7H12N2/c1-2-3-4-5-6-7(8)9/h2-6H,8-9H2,1H3. The lowest BCUT2D eigenvalue weighted by Crippen LogP contribution is -2.06. The van der Waals surface area contributed by atoms with Gasteiger partial charge in [0.15, 0.2) is 0 Å². The van der Waals surface area contributed by atoms with Crippen molar-refractivity contribution in [3.8, 4) is 0 Å². The van der Waals surface area contributed by atoms with Crippen molar-refractivity contribution in [3.05, 3.63) is 36.2 Å². The molecule has 0 aromatic heterocycles. The van der Waals surface area contributed by atoms with Crippen LogP contribution in [0.25, 0.3) is 0 Å². The molecule has 0 unspecified atom stereocenters. The molecule has 0 saturated heterocycles. The normalized spacial score (nSPS) is 10.8. The third kappa shape index (κ3) is 6.82. The molecule has 0 aliphatic rings. The van der Waals surface area contributed by atoms with Gasteiger partial charge >= 0.3 is 0 Å². The predicted molar refractivity (Wildman–Crippen MR) is 40.4 cm³/mol. The molecule has 0 aromatic carbocycles. The van der Waals surface area contributed by atoms with Crippen LogP contribution < -0.4 is 11.5 Å². The van der Waals surface area contributed by atoms with Gasteiger partial charge in [-0.3, -0.25) is 0 Å². The number of allylic oxidation sites excluding steroid dienone is 5. The Morgan fingerprint density at radius 1 is 1.11 bits per heavy atom. The summed E-state index contributed by atoms with van der Waals surface area (Å²) < 4.78 is 0. The summed E-state index contributed by atoms with van der Waals surface area (Å²) in [5, 5.41) is 0. The van der Waals surface area contributed by atoms with Crippen molar-refractivity contribution in [2.24, 2.45) is 11.5 Å². The van der Waals surface area contributed by atoms with E-state index in [1.54, 1.807) is 12.2 Å². The molecule has 0 fully saturated rings. The highest BCUT2D eigenvalue weighted by atomic mass is 14.8. The summed E-state index contributed by atoms with van der Waals surface area (Å²) in [5.74, 6) is 0.329. The van der Waals surface area contributed by atoms with Gasteiger partial charge in [0, 0.05) is 0 Å². The minimum absolute atomic E-state index is 0.329. The van der Waals surface area contributed by atoms with Crippen molar-refractivity contribution in [1.82, 2.24) is 0 Å². The molecule has 0 radical (unpaired) electrons. The largest absolute Gasteiger partial charge is 0.386 e. The number of rotatable bonds is 2. The first kappa shape index (κ1) is 7.82. The summed E-state index contributed by atoms with van der Waals surface area (Å²) in [6.07, 6.45) is 9.12. The Kier molecular flexibility index (Phi) is 4.32. The van der Waals surface area contributed by atoms with Crippen LogP contribution in [0.15, 0.2) is 36.2 Å². The second kappa shape index (κ2) is 4.97. The molecule has 2 heteroatoms. The van der Waals surface area contributed by atoms with E-state index in [1.807, 2.05) is 25.2 Å². The Balaban J connectivity index is 3.60. The fraction of sp³-hybridized carbons (Fsp3) is 0.143. The monoisotopic (exact) mass is 124 g/mol. The molecular formula is C7H12N2. The molecule has 0 amide bonds. The molecule has 0 rings (SSSR count). The van der Waals surface area contributed by atoms with Crippen LogP contribution in [0.1, 0.15) is 6.92 Å². The lowest BCUT2D eigenvalue weighted by Gasteiger charge is -1.81. The van der Waals surface area contributed by atoms with Crippen molar-refractivity contribution in [2.75, 3.05) is 0 Å². The zero-order chi connectivity index (χ0) is 7.11. The minimum atomic E-state index is 0.329. The Morgan fingerprint density at radius 2 is 1.78 bits per heavy atom. The van der Waals surface area contributed by atoms with Gasteiger partial charge in [-0.1, -0.05) is 24.3 Å². The molecule has 4 N–H and O–H groups in total. The average Bonchev–Trinajstić information content (AvgIpc) is 1.80. The molecule has 0 heterocycles. The van der Waals surface area contributed by atoms with E-state index in [0.29, 0.717) is 5.82 Å². The second-order valence-corrected chi connectivity index (χ2v) is 1.58. The molecule has 2 nitrogen and oxygen atoms in total. The Labute approximate surface area is 55.5 Å². The molecule has 9 heavy (non-hydrogen) atoms. The summed E-state index contributed by atoms with van der Waals surface area (Å²) >= 11 is 0. The van der Waals surface area contributed by atoms with Crippen molar-refractivity contribution in [1.29, 1.82) is 0 Å². The maximum Gasteiger partial charge on any atom is 0.0933 e. The minimum Gasteiger partial charge on any atom is -0.386 e. The third-order valence-corrected chi connectivity index (χ3v) is 0.703. The zero-order valence-corrected chi connectivity index (χ0v) is 5.54. The Bertz CT molecular complexity index is 139. The van der Waals surface area contributed by atoms with E-state index in [1.165, 1.54) is 0 Å². The van der Waals surface area contributed by atoms with Crippen LogP contribution in [0.5, 0.6) is 0 Å². The van der Waals surface area contributed by atoms with Gasteiger partial charge < -0.3 is 11.5 Å². The van der Waals surface area contributed by atoms with Crippen molar-refractivity contribution >= 4 is 0 Å². The highest BCUT2D eigenvalue weighted by molar-refractivity contribution is 5.12. The third-order valence-electron chi connectivity index (χ3n) is 0.703. The van der Waals surface area contributed by atoms with Gasteiger partial charge in [0.25, 0.3) is 0 Å². The fourth-order valence-corrected chi connectivity index (χ4v) is 0.342. The van der Waals surface area contributed by atoms with E-state index in [-0.39, 0.29) is 0 Å². The van der Waals surface area contributed by atoms with Crippen LogP contribution in [-0.4, -0.2) is 0 Å². The molecule has 0 atom stereocenters. The topological polar surface area (TPSA) is 52.0 Å². The van der Waals surface area contributed by atoms with Gasteiger partial charge in [0.2, 0.25) is 0 Å². The molecular weight excluding hydrogens is 112 g/mol. The highest BCUT2D eigenvalue weighted by Gasteiger charge is 1.67. The molecule has 0 saturated carbocycles. The maximum atomic E-state index is 5.14. The van der Waals surface area contributed by atoms with Gasteiger partial charge in [0.1, 0.15) is 0 Å². The molecule has 0 spiro atoms. The fourth-order valence-electron chi connectivity index (χ4n) is 0.342. The number of nitrogens with two attached hydrogens (primary N) is 2. The predicted octanol–water partition coefficient (Wildman–Crippen LogP) is 0.878. The molecule has 0 aromatic rings. The zero-order valence-electron chi connectivity index (χ0n) is 5.54. The van der Waals surface area contributed by atoms with Crippen LogP contribution in [0, 0.1) is 0 Å². The Hall–Kier alpha value is -1.18. The molecule has 0 aliphatic carbocycles. The van der Waals surface area contributed by atoms with E-state index in [9.17, 15) is 0 Å². The van der Waals surface area contributed by atoms with E-state index in [4.69, 9.17) is 11.5 Å².